The van der Waals surface area contributed by atoms with Gasteiger partial charge in [0.25, 0.3) is 6.17 Å². The molecule has 1 atom stereocenters. The zero-order chi connectivity index (χ0) is 13.7. The summed E-state index contributed by atoms with van der Waals surface area (Å²) in [5, 5.41) is 0. The molecule has 1 unspecified atom stereocenters. The number of halogens is 1. The molecule has 0 aromatic heterocycles. The molecule has 0 fully saturated rings. The van der Waals surface area contributed by atoms with Crippen LogP contribution in [0.5, 0.6) is 0 Å². The van der Waals surface area contributed by atoms with Crippen molar-refractivity contribution in [3.63, 3.8) is 0 Å². The number of alkyl halides is 1. The lowest BCUT2D eigenvalue weighted by molar-refractivity contribution is -0.144. The number of esters is 1. The highest BCUT2D eigenvalue weighted by Gasteiger charge is 2.30. The molecule has 0 bridgehead atoms. The Hall–Kier alpha value is -1.71. The van der Waals surface area contributed by atoms with Crippen molar-refractivity contribution in [1.29, 1.82) is 0 Å². The van der Waals surface area contributed by atoms with Crippen LogP contribution in [0.4, 0.5) is 4.39 Å². The Balaban J connectivity index is 3.22. The Morgan fingerprint density at radius 3 is 2.11 bits per heavy atom. The van der Waals surface area contributed by atoms with E-state index in [1.807, 2.05) is 19.9 Å². The van der Waals surface area contributed by atoms with E-state index in [0.29, 0.717) is 18.4 Å². The minimum atomic E-state index is -2.24. The lowest BCUT2D eigenvalue weighted by Crippen LogP contribution is -2.28. The van der Waals surface area contributed by atoms with Crippen LogP contribution in [-0.2, 0) is 22.4 Å². The van der Waals surface area contributed by atoms with Crippen LogP contribution >= 0.6 is 0 Å². The number of rotatable bonds is 5. The molecule has 0 aliphatic heterocycles. The fourth-order valence-corrected chi connectivity index (χ4v) is 1.90. The number of carbonyl (C=O) groups is 2. The molecular weight excluding hydrogens is 235 g/mol. The Kier molecular flexibility index (Phi) is 5.01. The predicted octanol–water partition coefficient (Wildman–Crippen LogP) is 2.51. The lowest BCUT2D eigenvalue weighted by atomic mass is 9.92. The smallest absolute Gasteiger partial charge is 0.348 e. The largest absolute Gasteiger partial charge is 0.467 e. The minimum absolute atomic E-state index is 0.320. The monoisotopic (exact) mass is 252 g/mol. The summed E-state index contributed by atoms with van der Waals surface area (Å²) in [5.74, 6) is -1.95. The minimum Gasteiger partial charge on any atom is -0.467 e. The summed E-state index contributed by atoms with van der Waals surface area (Å²) < 4.78 is 18.0. The summed E-state index contributed by atoms with van der Waals surface area (Å²) in [6.07, 6.45) is -1.01. The number of hydrogen-bond donors (Lipinski definition) is 0. The molecule has 18 heavy (non-hydrogen) atoms. The van der Waals surface area contributed by atoms with E-state index >= 15 is 0 Å². The second-order valence-corrected chi connectivity index (χ2v) is 3.91. The number of aryl methyl sites for hydroxylation is 2. The van der Waals surface area contributed by atoms with Crippen LogP contribution in [0.2, 0.25) is 0 Å². The summed E-state index contributed by atoms with van der Waals surface area (Å²) in [6.45, 7) is 3.77. The van der Waals surface area contributed by atoms with Gasteiger partial charge in [0.05, 0.1) is 7.11 Å². The Bertz CT molecular complexity index is 432. The summed E-state index contributed by atoms with van der Waals surface area (Å²) in [5.41, 5.74) is 1.83. The molecule has 0 saturated heterocycles. The number of methoxy groups -OCH3 is 1. The SMILES string of the molecule is CCc1cccc(CC)c1C(=O)C(F)C(=O)OC. The molecule has 0 aliphatic carbocycles. The Morgan fingerprint density at radius 1 is 1.22 bits per heavy atom. The van der Waals surface area contributed by atoms with E-state index < -0.39 is 17.9 Å². The summed E-state index contributed by atoms with van der Waals surface area (Å²) >= 11 is 0. The summed E-state index contributed by atoms with van der Waals surface area (Å²) in [6, 6.07) is 5.38. The van der Waals surface area contributed by atoms with E-state index in [1.165, 1.54) is 0 Å². The molecule has 98 valence electrons. The van der Waals surface area contributed by atoms with Gasteiger partial charge in [-0.05, 0) is 24.0 Å². The second-order valence-electron chi connectivity index (χ2n) is 3.91. The molecule has 0 amide bonds. The highest BCUT2D eigenvalue weighted by atomic mass is 19.1. The van der Waals surface area contributed by atoms with Crippen LogP contribution in [0.1, 0.15) is 35.3 Å². The fraction of sp³-hybridized carbons (Fsp3) is 0.429. The molecule has 3 nitrogen and oxygen atoms in total. The maximum atomic E-state index is 13.7. The van der Waals surface area contributed by atoms with Crippen molar-refractivity contribution in [3.8, 4) is 0 Å². The number of hydrogen-bond acceptors (Lipinski definition) is 3. The van der Waals surface area contributed by atoms with Crippen molar-refractivity contribution in [2.24, 2.45) is 0 Å². The molecule has 0 spiro atoms. The average Bonchev–Trinajstić information content (AvgIpc) is 2.43. The van der Waals surface area contributed by atoms with Crippen LogP contribution in [0.25, 0.3) is 0 Å². The molecular formula is C14H17FO3. The van der Waals surface area contributed by atoms with E-state index in [1.54, 1.807) is 12.1 Å². The van der Waals surface area contributed by atoms with E-state index in [-0.39, 0.29) is 0 Å². The van der Waals surface area contributed by atoms with Crippen molar-refractivity contribution >= 4 is 11.8 Å². The molecule has 0 N–H and O–H groups in total. The number of ketones is 1. The van der Waals surface area contributed by atoms with Gasteiger partial charge in [0.2, 0.25) is 5.78 Å². The summed E-state index contributed by atoms with van der Waals surface area (Å²) in [4.78, 5) is 23.1. The average molecular weight is 252 g/mol. The zero-order valence-corrected chi connectivity index (χ0v) is 10.8. The highest BCUT2D eigenvalue weighted by molar-refractivity contribution is 6.12. The van der Waals surface area contributed by atoms with E-state index in [4.69, 9.17) is 0 Å². The standard InChI is InChI=1S/C14H17FO3/c1-4-9-7-6-8-10(5-2)11(9)13(16)12(15)14(17)18-3/h6-8,12H,4-5H2,1-3H3. The normalized spacial score (nSPS) is 12.0. The van der Waals surface area contributed by atoms with Crippen LogP contribution in [-0.4, -0.2) is 25.0 Å². The predicted molar refractivity (Wildman–Crippen MR) is 66.4 cm³/mol. The number of ether oxygens (including phenoxy) is 1. The zero-order valence-electron chi connectivity index (χ0n) is 10.8. The van der Waals surface area contributed by atoms with Crippen LogP contribution in [0, 0.1) is 0 Å². The molecule has 0 heterocycles. The Morgan fingerprint density at radius 2 is 1.72 bits per heavy atom. The van der Waals surface area contributed by atoms with Gasteiger partial charge >= 0.3 is 5.97 Å². The third-order valence-electron chi connectivity index (χ3n) is 2.88. The molecule has 0 saturated carbocycles. The van der Waals surface area contributed by atoms with Gasteiger partial charge in [0.1, 0.15) is 0 Å². The topological polar surface area (TPSA) is 43.4 Å². The van der Waals surface area contributed by atoms with Gasteiger partial charge in [0.15, 0.2) is 0 Å². The van der Waals surface area contributed by atoms with Gasteiger partial charge < -0.3 is 4.74 Å². The van der Waals surface area contributed by atoms with Crippen LogP contribution in [0.3, 0.4) is 0 Å². The number of benzene rings is 1. The van der Waals surface area contributed by atoms with Crippen molar-refractivity contribution < 1.29 is 18.7 Å². The maximum Gasteiger partial charge on any atom is 0.348 e. The number of carbonyl (C=O) groups excluding carboxylic acids is 2. The van der Waals surface area contributed by atoms with Gasteiger partial charge in [-0.1, -0.05) is 32.0 Å². The van der Waals surface area contributed by atoms with Crippen molar-refractivity contribution in [2.45, 2.75) is 32.9 Å². The van der Waals surface area contributed by atoms with Gasteiger partial charge in [0, 0.05) is 5.56 Å². The summed E-state index contributed by atoms with van der Waals surface area (Å²) in [7, 11) is 1.06. The quantitative estimate of drug-likeness (QED) is 0.459. The van der Waals surface area contributed by atoms with Crippen molar-refractivity contribution in [2.75, 3.05) is 7.11 Å². The lowest BCUT2D eigenvalue weighted by Gasteiger charge is -2.13. The first kappa shape index (κ1) is 14.4. The second kappa shape index (κ2) is 6.28. The third kappa shape index (κ3) is 2.75. The highest BCUT2D eigenvalue weighted by Crippen LogP contribution is 2.20. The number of Topliss-reactive ketones (excluding diaryl/α,β-unsaturated/α-hetero) is 1. The van der Waals surface area contributed by atoms with E-state index in [2.05, 4.69) is 4.74 Å². The first-order chi connectivity index (χ1) is 8.56. The third-order valence-corrected chi connectivity index (χ3v) is 2.88. The first-order valence-electron chi connectivity index (χ1n) is 5.93. The Labute approximate surface area is 106 Å². The van der Waals surface area contributed by atoms with Crippen LogP contribution in [0.15, 0.2) is 18.2 Å². The molecule has 1 aromatic carbocycles. The first-order valence-corrected chi connectivity index (χ1v) is 5.93. The van der Waals surface area contributed by atoms with Crippen LogP contribution < -0.4 is 0 Å². The van der Waals surface area contributed by atoms with Gasteiger partial charge in [-0.2, -0.15) is 0 Å². The molecule has 0 aliphatic rings. The van der Waals surface area contributed by atoms with E-state index in [0.717, 1.165) is 18.2 Å². The maximum absolute atomic E-state index is 13.7. The van der Waals surface area contributed by atoms with Crippen molar-refractivity contribution in [3.05, 3.63) is 34.9 Å². The van der Waals surface area contributed by atoms with Gasteiger partial charge in [-0.25, -0.2) is 9.18 Å². The van der Waals surface area contributed by atoms with E-state index in [9.17, 15) is 14.0 Å². The van der Waals surface area contributed by atoms with Gasteiger partial charge in [-0.15, -0.1) is 0 Å². The molecule has 0 radical (unpaired) electrons. The van der Waals surface area contributed by atoms with Gasteiger partial charge in [-0.3, -0.25) is 4.79 Å². The molecule has 4 heteroatoms. The molecule has 1 rings (SSSR count). The molecule has 1 aromatic rings. The van der Waals surface area contributed by atoms with Crippen molar-refractivity contribution in [1.82, 2.24) is 0 Å². The fourth-order valence-electron chi connectivity index (χ4n) is 1.90.